The van der Waals surface area contributed by atoms with Gasteiger partial charge in [-0.05, 0) is 18.2 Å². The van der Waals surface area contributed by atoms with E-state index in [1.807, 2.05) is 0 Å². The molecule has 0 aromatic heterocycles. The Hall–Kier alpha value is -1.55. The molecule has 0 unspecified atom stereocenters. The molecule has 1 aromatic carbocycles. The first-order valence-electron chi connectivity index (χ1n) is 6.68. The fourth-order valence-corrected chi connectivity index (χ4v) is 3.47. The summed E-state index contributed by atoms with van der Waals surface area (Å²) >= 11 is 0. The first-order chi connectivity index (χ1) is 10.3. The van der Waals surface area contributed by atoms with Crippen molar-refractivity contribution in [3.05, 3.63) is 29.6 Å². The summed E-state index contributed by atoms with van der Waals surface area (Å²) in [5, 5.41) is 1.35. The summed E-state index contributed by atoms with van der Waals surface area (Å²) < 4.78 is 45.2. The van der Waals surface area contributed by atoms with Crippen LogP contribution in [0.25, 0.3) is 0 Å². The standard InChI is InChI=1S/C13H18FN3O4S/c1-16(2)15-13(18)11-9-10(3-4-12(11)14)22(19,20)17-5-7-21-8-6-17/h3-4,9H,5-8H2,1-2H3,(H,15,18). The van der Waals surface area contributed by atoms with Gasteiger partial charge in [-0.1, -0.05) is 0 Å². The quantitative estimate of drug-likeness (QED) is 0.789. The van der Waals surface area contributed by atoms with Crippen LogP contribution in [0.1, 0.15) is 10.4 Å². The lowest BCUT2D eigenvalue weighted by Gasteiger charge is -2.26. The zero-order chi connectivity index (χ0) is 16.3. The molecule has 0 bridgehead atoms. The van der Waals surface area contributed by atoms with E-state index < -0.39 is 21.7 Å². The molecule has 1 aliphatic heterocycles. The van der Waals surface area contributed by atoms with Crippen molar-refractivity contribution in [2.45, 2.75) is 4.90 Å². The zero-order valence-corrected chi connectivity index (χ0v) is 13.2. The molecule has 7 nitrogen and oxygen atoms in total. The van der Waals surface area contributed by atoms with Crippen molar-refractivity contribution in [3.63, 3.8) is 0 Å². The minimum atomic E-state index is -3.77. The van der Waals surface area contributed by atoms with Crippen molar-refractivity contribution in [3.8, 4) is 0 Å². The highest BCUT2D eigenvalue weighted by Gasteiger charge is 2.27. The van der Waals surface area contributed by atoms with E-state index in [0.717, 1.165) is 18.2 Å². The van der Waals surface area contributed by atoms with Crippen LogP contribution in [-0.4, -0.2) is 64.0 Å². The molecule has 0 spiro atoms. The lowest BCUT2D eigenvalue weighted by atomic mass is 10.2. The molecule has 1 aromatic rings. The summed E-state index contributed by atoms with van der Waals surface area (Å²) in [7, 11) is -0.623. The van der Waals surface area contributed by atoms with Crippen molar-refractivity contribution >= 4 is 15.9 Å². The van der Waals surface area contributed by atoms with Gasteiger partial charge < -0.3 is 4.74 Å². The van der Waals surface area contributed by atoms with Gasteiger partial charge in [0.1, 0.15) is 5.82 Å². The number of hydrogen-bond acceptors (Lipinski definition) is 5. The van der Waals surface area contributed by atoms with E-state index in [9.17, 15) is 17.6 Å². The molecule has 1 heterocycles. The Labute approximate surface area is 128 Å². The highest BCUT2D eigenvalue weighted by molar-refractivity contribution is 7.89. The van der Waals surface area contributed by atoms with Gasteiger partial charge in [0.15, 0.2) is 0 Å². The van der Waals surface area contributed by atoms with Crippen LogP contribution in [-0.2, 0) is 14.8 Å². The average Bonchev–Trinajstić information content (AvgIpc) is 2.47. The van der Waals surface area contributed by atoms with Gasteiger partial charge in [0.05, 0.1) is 23.7 Å². The predicted molar refractivity (Wildman–Crippen MR) is 77.1 cm³/mol. The Morgan fingerprint density at radius 2 is 1.95 bits per heavy atom. The maximum Gasteiger partial charge on any atom is 0.268 e. The van der Waals surface area contributed by atoms with Gasteiger partial charge in [0, 0.05) is 27.2 Å². The van der Waals surface area contributed by atoms with Gasteiger partial charge in [0.2, 0.25) is 10.0 Å². The largest absolute Gasteiger partial charge is 0.379 e. The number of carbonyl (C=O) groups is 1. The number of rotatable bonds is 4. The van der Waals surface area contributed by atoms with E-state index >= 15 is 0 Å². The molecule has 9 heteroatoms. The van der Waals surface area contributed by atoms with Gasteiger partial charge in [-0.2, -0.15) is 4.31 Å². The summed E-state index contributed by atoms with van der Waals surface area (Å²) in [5.74, 6) is -1.48. The summed E-state index contributed by atoms with van der Waals surface area (Å²) in [5.41, 5.74) is 2.07. The maximum absolute atomic E-state index is 13.8. The molecule has 1 amide bonds. The molecule has 0 atom stereocenters. The van der Waals surface area contributed by atoms with E-state index in [1.54, 1.807) is 14.1 Å². The molecular weight excluding hydrogens is 313 g/mol. The summed E-state index contributed by atoms with van der Waals surface area (Å²) in [4.78, 5) is 11.8. The monoisotopic (exact) mass is 331 g/mol. The summed E-state index contributed by atoms with van der Waals surface area (Å²) in [6.45, 7) is 1.10. The van der Waals surface area contributed by atoms with Crippen LogP contribution >= 0.6 is 0 Å². The molecule has 1 saturated heterocycles. The van der Waals surface area contributed by atoms with Gasteiger partial charge in [0.25, 0.3) is 5.91 Å². The van der Waals surface area contributed by atoms with E-state index in [4.69, 9.17) is 4.74 Å². The van der Waals surface area contributed by atoms with Crippen LogP contribution < -0.4 is 5.43 Å². The van der Waals surface area contributed by atoms with Crippen LogP contribution in [0.3, 0.4) is 0 Å². The number of nitrogens with one attached hydrogen (secondary N) is 1. The van der Waals surface area contributed by atoms with E-state index in [-0.39, 0.29) is 23.5 Å². The number of sulfonamides is 1. The first-order valence-corrected chi connectivity index (χ1v) is 8.12. The number of ether oxygens (including phenoxy) is 1. The number of morpholine rings is 1. The lowest BCUT2D eigenvalue weighted by Crippen LogP contribution is -2.41. The molecule has 1 fully saturated rings. The molecular formula is C13H18FN3O4S. The normalized spacial score (nSPS) is 16.7. The Morgan fingerprint density at radius 1 is 1.32 bits per heavy atom. The third kappa shape index (κ3) is 3.61. The molecule has 1 N–H and O–H groups in total. The molecule has 0 saturated carbocycles. The van der Waals surface area contributed by atoms with Crippen LogP contribution in [0.2, 0.25) is 0 Å². The Morgan fingerprint density at radius 3 is 2.55 bits per heavy atom. The average molecular weight is 331 g/mol. The summed E-state index contributed by atoms with van der Waals surface area (Å²) in [6.07, 6.45) is 0. The van der Waals surface area contributed by atoms with Gasteiger partial charge in [-0.25, -0.2) is 17.8 Å². The lowest BCUT2D eigenvalue weighted by molar-refractivity contribution is 0.0730. The third-order valence-corrected chi connectivity index (χ3v) is 5.01. The smallest absolute Gasteiger partial charge is 0.268 e. The van der Waals surface area contributed by atoms with Crippen molar-refractivity contribution in [1.29, 1.82) is 0 Å². The van der Waals surface area contributed by atoms with Crippen molar-refractivity contribution in [2.24, 2.45) is 0 Å². The second-order valence-corrected chi connectivity index (χ2v) is 6.93. The predicted octanol–water partition coefficient (Wildman–Crippen LogP) is 0.0530. The third-order valence-electron chi connectivity index (χ3n) is 3.12. The number of hydrazine groups is 1. The number of amides is 1. The van der Waals surface area contributed by atoms with Crippen molar-refractivity contribution in [2.75, 3.05) is 40.4 Å². The van der Waals surface area contributed by atoms with Crippen molar-refractivity contribution < 1.29 is 22.3 Å². The van der Waals surface area contributed by atoms with Gasteiger partial charge in [-0.3, -0.25) is 10.2 Å². The number of hydrogen-bond donors (Lipinski definition) is 1. The van der Waals surface area contributed by atoms with Crippen LogP contribution in [0.4, 0.5) is 4.39 Å². The highest BCUT2D eigenvalue weighted by atomic mass is 32.2. The fraction of sp³-hybridized carbons (Fsp3) is 0.462. The molecule has 1 aliphatic rings. The Balaban J connectivity index is 2.34. The zero-order valence-electron chi connectivity index (χ0n) is 12.4. The van der Waals surface area contributed by atoms with E-state index in [2.05, 4.69) is 5.43 Å². The molecule has 22 heavy (non-hydrogen) atoms. The topological polar surface area (TPSA) is 79.0 Å². The van der Waals surface area contributed by atoms with Crippen molar-refractivity contribution in [1.82, 2.24) is 14.7 Å². The second kappa shape index (κ2) is 6.69. The molecule has 2 rings (SSSR count). The number of benzene rings is 1. The Bertz CT molecular complexity index is 657. The minimum absolute atomic E-state index is 0.111. The molecule has 0 aliphatic carbocycles. The van der Waals surface area contributed by atoms with Crippen LogP contribution in [0.15, 0.2) is 23.1 Å². The molecule has 0 radical (unpaired) electrons. The SMILES string of the molecule is CN(C)NC(=O)c1cc(S(=O)(=O)N2CCOCC2)ccc1F. The van der Waals surface area contributed by atoms with Gasteiger partial charge >= 0.3 is 0 Å². The number of carbonyl (C=O) groups excluding carboxylic acids is 1. The van der Waals surface area contributed by atoms with Crippen LogP contribution in [0.5, 0.6) is 0 Å². The van der Waals surface area contributed by atoms with E-state index in [0.29, 0.717) is 13.2 Å². The Kier molecular flexibility index (Phi) is 5.12. The summed E-state index contributed by atoms with van der Waals surface area (Å²) in [6, 6.07) is 3.20. The highest BCUT2D eigenvalue weighted by Crippen LogP contribution is 2.20. The molecule has 122 valence electrons. The number of halogens is 1. The maximum atomic E-state index is 13.8. The minimum Gasteiger partial charge on any atom is -0.379 e. The van der Waals surface area contributed by atoms with Crippen LogP contribution in [0, 0.1) is 5.82 Å². The van der Waals surface area contributed by atoms with Gasteiger partial charge in [-0.15, -0.1) is 0 Å². The number of nitrogens with zero attached hydrogens (tertiary/aromatic N) is 2. The fourth-order valence-electron chi connectivity index (χ4n) is 2.04. The first kappa shape index (κ1) is 16.8. The second-order valence-electron chi connectivity index (χ2n) is 4.99. The van der Waals surface area contributed by atoms with E-state index in [1.165, 1.54) is 9.31 Å².